The zero-order chi connectivity index (χ0) is 37.1. The molecule has 16 heteroatoms. The van der Waals surface area contributed by atoms with E-state index < -0.39 is 0 Å². The maximum absolute atomic E-state index is 6.24. The number of thiophene rings is 8. The zero-order valence-corrected chi connectivity index (χ0v) is 36.9. The molecule has 2 aliphatic heterocycles. The fourth-order valence-electron chi connectivity index (χ4n) is 7.15. The van der Waals surface area contributed by atoms with Crippen LogP contribution < -0.4 is 9.47 Å². The van der Waals surface area contributed by atoms with Crippen LogP contribution in [0, 0.1) is 0 Å². The third-order valence-corrected chi connectivity index (χ3v) is 20.3. The van der Waals surface area contributed by atoms with Gasteiger partial charge in [-0.05, 0) is 82.2 Å². The minimum Gasteiger partial charge on any atom is -0.495 e. The number of benzene rings is 2. The molecule has 0 atom stereocenters. The van der Waals surface area contributed by atoms with Gasteiger partial charge in [-0.2, -0.15) is 17.5 Å². The topological polar surface area (TPSA) is 67.9 Å². The maximum atomic E-state index is 6.24. The molecule has 10 aromatic rings. The number of hydrogen-bond donors (Lipinski definition) is 0. The molecule has 6 nitrogen and oxygen atoms in total. The lowest BCUT2D eigenvalue weighted by molar-refractivity contribution is 0.421. The molecule has 0 saturated carbocycles. The summed E-state index contributed by atoms with van der Waals surface area (Å²) in [5.41, 5.74) is 4.00. The van der Waals surface area contributed by atoms with Gasteiger partial charge >= 0.3 is 0 Å². The second-order valence-corrected chi connectivity index (χ2v) is 22.0. The summed E-state index contributed by atoms with van der Waals surface area (Å²) < 4.78 is 33.5. The normalized spacial score (nSPS) is 13.0. The Balaban J connectivity index is 0.921. The highest BCUT2D eigenvalue weighted by atomic mass is 32.1. The van der Waals surface area contributed by atoms with E-state index in [9.17, 15) is 0 Å². The van der Waals surface area contributed by atoms with Crippen molar-refractivity contribution < 1.29 is 9.47 Å². The van der Waals surface area contributed by atoms with Gasteiger partial charge in [-0.3, -0.25) is 0 Å². The van der Waals surface area contributed by atoms with Crippen molar-refractivity contribution >= 4 is 167 Å². The van der Waals surface area contributed by atoms with Crippen LogP contribution in [0.3, 0.4) is 0 Å². The molecule has 8 aromatic heterocycles. The van der Waals surface area contributed by atoms with Gasteiger partial charge in [-0.25, -0.2) is 0 Å². The molecule has 2 aliphatic rings. The van der Waals surface area contributed by atoms with E-state index >= 15 is 0 Å². The first-order valence-electron chi connectivity index (χ1n) is 17.0. The fraction of sp³-hybridized carbons (Fsp3) is 0.0500. The van der Waals surface area contributed by atoms with E-state index in [2.05, 4.69) is 92.3 Å². The molecule has 0 spiro atoms. The van der Waals surface area contributed by atoms with Crippen LogP contribution >= 0.6 is 90.7 Å². The molecule has 272 valence electrons. The van der Waals surface area contributed by atoms with Crippen LogP contribution in [0.5, 0.6) is 11.5 Å². The van der Waals surface area contributed by atoms with Gasteiger partial charge in [0.1, 0.15) is 34.2 Å². The summed E-state index contributed by atoms with van der Waals surface area (Å²) in [5.74, 6) is 1.76. The Morgan fingerprint density at radius 3 is 1.21 bits per heavy atom. The van der Waals surface area contributed by atoms with E-state index in [-0.39, 0.29) is 0 Å². The van der Waals surface area contributed by atoms with Crippen molar-refractivity contribution in [2.45, 2.75) is 0 Å². The maximum Gasteiger partial charge on any atom is 0.144 e. The molecule has 10 heterocycles. The lowest BCUT2D eigenvalue weighted by atomic mass is 10.0. The van der Waals surface area contributed by atoms with Crippen LogP contribution in [0.1, 0.15) is 0 Å². The molecule has 0 fully saturated rings. The molecule has 0 saturated heterocycles. The number of methoxy groups -OCH3 is 2. The molecule has 12 rings (SSSR count). The van der Waals surface area contributed by atoms with Crippen molar-refractivity contribution in [3.05, 3.63) is 83.6 Å². The average molecular weight is 909 g/mol. The van der Waals surface area contributed by atoms with Crippen LogP contribution in [0.25, 0.3) is 89.5 Å². The molecule has 0 unspecified atom stereocenters. The molecule has 56 heavy (non-hydrogen) atoms. The van der Waals surface area contributed by atoms with Gasteiger partial charge in [0.05, 0.1) is 65.8 Å². The second kappa shape index (κ2) is 13.3. The van der Waals surface area contributed by atoms with E-state index in [1.807, 2.05) is 0 Å². The highest BCUT2D eigenvalue weighted by molar-refractivity contribution is 7.58. The Morgan fingerprint density at radius 1 is 0.411 bits per heavy atom. The summed E-state index contributed by atoms with van der Waals surface area (Å²) in [6, 6.07) is 26.6. The largest absolute Gasteiger partial charge is 0.495 e. The Kier molecular flexibility index (Phi) is 8.11. The van der Waals surface area contributed by atoms with E-state index in [0.29, 0.717) is 0 Å². The van der Waals surface area contributed by atoms with E-state index in [4.69, 9.17) is 18.2 Å². The SMILES string of the molecule is COc1c2cc3cc(-c4ccc(-c5sc(-c6cccs6)c6c5N=S=N6)s4)sc3c(OC)c2cc2cc(-c3ccc(-c4sc(-c5cccs5)c5c4N=S=N5)s3)sc12. The van der Waals surface area contributed by atoms with Crippen LogP contribution in [0.2, 0.25) is 0 Å². The first kappa shape index (κ1) is 34.1. The van der Waals surface area contributed by atoms with Gasteiger partial charge in [0.25, 0.3) is 0 Å². The number of nitrogens with zero attached hydrogens (tertiary/aromatic N) is 4. The number of fused-ring (bicyclic) bond motifs is 5. The van der Waals surface area contributed by atoms with Crippen LogP contribution in [0.15, 0.2) is 101 Å². The van der Waals surface area contributed by atoms with Gasteiger partial charge < -0.3 is 9.47 Å². The summed E-state index contributed by atoms with van der Waals surface area (Å²) in [7, 11) is 3.55. The van der Waals surface area contributed by atoms with Gasteiger partial charge in [0, 0.05) is 49.8 Å². The van der Waals surface area contributed by atoms with Gasteiger partial charge in [0.15, 0.2) is 0 Å². The number of hydrogen-bond acceptors (Lipinski definition) is 14. The van der Waals surface area contributed by atoms with Crippen molar-refractivity contribution in [1.82, 2.24) is 0 Å². The second-order valence-electron chi connectivity index (χ2n) is 12.7. The smallest absolute Gasteiger partial charge is 0.144 e. The van der Waals surface area contributed by atoms with Crippen molar-refractivity contribution in [3.8, 4) is 70.0 Å². The minimum atomic E-state index is 0.881. The quantitative estimate of drug-likeness (QED) is 0.152. The molecule has 0 N–H and O–H groups in total. The van der Waals surface area contributed by atoms with E-state index in [1.54, 1.807) is 105 Å². The fourth-order valence-corrected chi connectivity index (χ4v) is 17.3. The molecular weight excluding hydrogens is 889 g/mol. The first-order valence-corrected chi connectivity index (χ1v) is 25.1. The van der Waals surface area contributed by atoms with E-state index in [0.717, 1.165) is 65.2 Å². The summed E-state index contributed by atoms with van der Waals surface area (Å²) >= 11 is 16.8. The van der Waals surface area contributed by atoms with Crippen LogP contribution in [0.4, 0.5) is 22.7 Å². The Morgan fingerprint density at radius 2 is 0.821 bits per heavy atom. The highest BCUT2D eigenvalue weighted by Gasteiger charge is 2.27. The molecule has 0 amide bonds. The lowest BCUT2D eigenvalue weighted by Crippen LogP contribution is -1.89. The average Bonchev–Trinajstić information content (AvgIpc) is 4.03. The van der Waals surface area contributed by atoms with Gasteiger partial charge in [0.2, 0.25) is 0 Å². The van der Waals surface area contributed by atoms with Crippen molar-refractivity contribution in [3.63, 3.8) is 0 Å². The number of ether oxygens (including phenoxy) is 2. The summed E-state index contributed by atoms with van der Waals surface area (Å²) in [6.07, 6.45) is 0. The van der Waals surface area contributed by atoms with Crippen LogP contribution in [-0.4, -0.2) is 14.2 Å². The van der Waals surface area contributed by atoms with Crippen molar-refractivity contribution in [1.29, 1.82) is 0 Å². The third kappa shape index (κ3) is 5.21. The molecule has 0 bridgehead atoms. The summed E-state index contributed by atoms with van der Waals surface area (Å²) in [4.78, 5) is 14.5. The Bertz CT molecular complexity index is 3150. The number of rotatable bonds is 8. The van der Waals surface area contributed by atoms with Crippen molar-refractivity contribution in [2.24, 2.45) is 17.5 Å². The lowest BCUT2D eigenvalue weighted by Gasteiger charge is -2.11. The molecule has 2 aromatic carbocycles. The standard InChI is InChI=1S/C40H20N4O2S10/c1-45-33-19-13-18-16-28(22-8-10-26(50-22)40-32-30(42-56-44-32)38(54-40)24-6-4-12-48-24)52-36(18)34(46-2)20(19)14-17-15-27(51-35(17)33)21-7-9-25(49-21)39-31-29(41-55-43-31)37(53-39)23-5-3-11-47-23/h3-16H,1-2H3. The highest BCUT2D eigenvalue weighted by Crippen LogP contribution is 2.58. The van der Waals surface area contributed by atoms with E-state index in [1.165, 1.54) is 81.2 Å². The summed E-state index contributed by atoms with van der Waals surface area (Å²) in [6.45, 7) is 0. The van der Waals surface area contributed by atoms with Crippen molar-refractivity contribution in [2.75, 3.05) is 14.2 Å². The van der Waals surface area contributed by atoms with Gasteiger partial charge in [-0.15, -0.1) is 90.7 Å². The Hall–Kier alpha value is -3.94. The predicted octanol–water partition coefficient (Wildman–Crippen LogP) is 17.1. The summed E-state index contributed by atoms with van der Waals surface area (Å²) in [5, 5.41) is 8.62. The van der Waals surface area contributed by atoms with Crippen LogP contribution in [-0.2, 0) is 22.7 Å². The molecule has 0 aliphatic carbocycles. The third-order valence-electron chi connectivity index (χ3n) is 9.60. The minimum absolute atomic E-state index is 0.881. The first-order chi connectivity index (χ1) is 27.6. The van der Waals surface area contributed by atoms with Gasteiger partial charge in [-0.1, -0.05) is 12.1 Å². The molecular formula is C40H20N4O2S10. The Labute approximate surface area is 358 Å². The monoisotopic (exact) mass is 908 g/mol. The molecule has 0 radical (unpaired) electrons. The predicted molar refractivity (Wildman–Crippen MR) is 251 cm³/mol. The zero-order valence-electron chi connectivity index (χ0n) is 28.8.